The summed E-state index contributed by atoms with van der Waals surface area (Å²) < 4.78 is 0.371. The molecule has 0 atom stereocenters. The molecule has 0 aliphatic heterocycles. The van der Waals surface area contributed by atoms with Crippen LogP contribution in [0.4, 0.5) is 0 Å². The second-order valence-electron chi connectivity index (χ2n) is 2.30. The van der Waals surface area contributed by atoms with Crippen molar-refractivity contribution in [1.29, 1.82) is 0 Å². The van der Waals surface area contributed by atoms with Crippen molar-refractivity contribution in [2.75, 3.05) is 0 Å². The summed E-state index contributed by atoms with van der Waals surface area (Å²) in [5.74, 6) is 0. The predicted molar refractivity (Wildman–Crippen MR) is 51.0 cm³/mol. The van der Waals surface area contributed by atoms with Gasteiger partial charge >= 0.3 is 0 Å². The van der Waals surface area contributed by atoms with Crippen molar-refractivity contribution in [3.05, 3.63) is 33.2 Å². The van der Waals surface area contributed by atoms with Crippen LogP contribution in [0.15, 0.2) is 23.1 Å². The minimum atomic E-state index is -0.163. The van der Waals surface area contributed by atoms with Gasteiger partial charge in [-0.1, -0.05) is 11.3 Å². The first-order valence-electron chi connectivity index (χ1n) is 3.44. The Labute approximate surface area is 82.2 Å². The number of nitrogens with one attached hydrogen (secondary N) is 1. The van der Waals surface area contributed by atoms with Gasteiger partial charge in [-0.15, -0.1) is 10.2 Å². The molecule has 0 saturated heterocycles. The van der Waals surface area contributed by atoms with Gasteiger partial charge in [-0.25, -0.2) is 0 Å². The Morgan fingerprint density at radius 1 is 1.46 bits per heavy atom. The zero-order chi connectivity index (χ0) is 9.26. The number of aromatic amines is 1. The Balaban J connectivity index is 2.52. The lowest BCUT2D eigenvalue weighted by Crippen LogP contribution is -2.01. The molecule has 0 aliphatic carbocycles. The van der Waals surface area contributed by atoms with Crippen LogP contribution < -0.4 is 5.56 Å². The molecule has 0 amide bonds. The molecular formula is C7H4ClN3OS. The van der Waals surface area contributed by atoms with E-state index in [0.29, 0.717) is 9.47 Å². The van der Waals surface area contributed by atoms with Crippen molar-refractivity contribution < 1.29 is 0 Å². The van der Waals surface area contributed by atoms with Crippen LogP contribution in [0.1, 0.15) is 0 Å². The Morgan fingerprint density at radius 3 is 2.92 bits per heavy atom. The van der Waals surface area contributed by atoms with Crippen LogP contribution in [-0.4, -0.2) is 15.2 Å². The standard InChI is InChI=1S/C7H4ClN3OS/c8-7-11-10-6(13-7)4-1-2-9-5(12)3-4/h1-3H,(H,9,12). The lowest BCUT2D eigenvalue weighted by Gasteiger charge is -1.90. The highest BCUT2D eigenvalue weighted by molar-refractivity contribution is 7.18. The Bertz CT molecular complexity index is 478. The van der Waals surface area contributed by atoms with E-state index in [2.05, 4.69) is 15.2 Å². The van der Waals surface area contributed by atoms with E-state index >= 15 is 0 Å². The minimum Gasteiger partial charge on any atom is -0.329 e. The molecule has 2 rings (SSSR count). The smallest absolute Gasteiger partial charge is 0.248 e. The van der Waals surface area contributed by atoms with E-state index in [0.717, 1.165) is 5.56 Å². The van der Waals surface area contributed by atoms with Gasteiger partial charge in [0.15, 0.2) is 0 Å². The van der Waals surface area contributed by atoms with Crippen LogP contribution in [0, 0.1) is 0 Å². The van der Waals surface area contributed by atoms with Crippen molar-refractivity contribution >= 4 is 22.9 Å². The third-order valence-corrected chi connectivity index (χ3v) is 2.49. The van der Waals surface area contributed by atoms with Gasteiger partial charge in [0.2, 0.25) is 10.0 Å². The van der Waals surface area contributed by atoms with Crippen LogP contribution in [-0.2, 0) is 0 Å². The largest absolute Gasteiger partial charge is 0.329 e. The molecule has 0 spiro atoms. The summed E-state index contributed by atoms with van der Waals surface area (Å²) in [6.45, 7) is 0. The third-order valence-electron chi connectivity index (χ3n) is 1.42. The molecule has 0 radical (unpaired) electrons. The Morgan fingerprint density at radius 2 is 2.31 bits per heavy atom. The number of rotatable bonds is 1. The fraction of sp³-hybridized carbons (Fsp3) is 0. The van der Waals surface area contributed by atoms with Crippen molar-refractivity contribution in [1.82, 2.24) is 15.2 Å². The van der Waals surface area contributed by atoms with Crippen molar-refractivity contribution in [2.45, 2.75) is 0 Å². The molecule has 0 aliphatic rings. The summed E-state index contributed by atoms with van der Waals surface area (Å²) in [6, 6.07) is 3.20. The molecule has 13 heavy (non-hydrogen) atoms. The maximum absolute atomic E-state index is 10.9. The molecule has 2 heterocycles. The molecule has 0 saturated carbocycles. The molecule has 0 aromatic carbocycles. The average molecular weight is 214 g/mol. The van der Waals surface area contributed by atoms with Gasteiger partial charge in [0.25, 0.3) is 0 Å². The number of halogens is 1. The summed E-state index contributed by atoms with van der Waals surface area (Å²) >= 11 is 6.85. The number of pyridine rings is 1. The van der Waals surface area contributed by atoms with Gasteiger partial charge in [-0.3, -0.25) is 4.79 Å². The summed E-state index contributed by atoms with van der Waals surface area (Å²) in [4.78, 5) is 13.5. The molecule has 6 heteroatoms. The highest BCUT2D eigenvalue weighted by Crippen LogP contribution is 2.24. The average Bonchev–Trinajstić information content (AvgIpc) is 2.52. The Hall–Kier alpha value is -1.20. The summed E-state index contributed by atoms with van der Waals surface area (Å²) in [7, 11) is 0. The first kappa shape index (κ1) is 8.40. The van der Waals surface area contributed by atoms with Crippen LogP contribution in [0.5, 0.6) is 0 Å². The summed E-state index contributed by atoms with van der Waals surface area (Å²) in [5, 5.41) is 8.10. The minimum absolute atomic E-state index is 0.163. The monoisotopic (exact) mass is 213 g/mol. The van der Waals surface area contributed by atoms with E-state index in [-0.39, 0.29) is 5.56 Å². The van der Waals surface area contributed by atoms with E-state index in [1.807, 2.05) is 0 Å². The third kappa shape index (κ3) is 1.76. The van der Waals surface area contributed by atoms with Crippen LogP contribution in [0.3, 0.4) is 0 Å². The summed E-state index contributed by atoms with van der Waals surface area (Å²) in [5.41, 5.74) is 0.567. The highest BCUT2D eigenvalue weighted by Gasteiger charge is 2.04. The van der Waals surface area contributed by atoms with Gasteiger partial charge < -0.3 is 4.98 Å². The first-order valence-corrected chi connectivity index (χ1v) is 4.63. The second kappa shape index (κ2) is 3.27. The maximum Gasteiger partial charge on any atom is 0.248 e. The van der Waals surface area contributed by atoms with Crippen molar-refractivity contribution in [3.8, 4) is 10.6 Å². The second-order valence-corrected chi connectivity index (χ2v) is 3.86. The Kier molecular flexibility index (Phi) is 2.12. The number of hydrogen-bond acceptors (Lipinski definition) is 4. The maximum atomic E-state index is 10.9. The molecule has 0 fully saturated rings. The fourth-order valence-electron chi connectivity index (χ4n) is 0.900. The molecular weight excluding hydrogens is 210 g/mol. The van der Waals surface area contributed by atoms with Crippen LogP contribution in [0.2, 0.25) is 4.47 Å². The molecule has 2 aromatic rings. The number of nitrogens with zero attached hydrogens (tertiary/aromatic N) is 2. The number of hydrogen-bond donors (Lipinski definition) is 1. The van der Waals surface area contributed by atoms with Crippen LogP contribution >= 0.6 is 22.9 Å². The summed E-state index contributed by atoms with van der Waals surface area (Å²) in [6.07, 6.45) is 1.56. The molecule has 1 N–H and O–H groups in total. The van der Waals surface area contributed by atoms with Gasteiger partial charge in [-0.2, -0.15) is 0 Å². The zero-order valence-corrected chi connectivity index (χ0v) is 7.89. The number of H-pyrrole nitrogens is 1. The normalized spacial score (nSPS) is 10.2. The SMILES string of the molecule is O=c1cc(-c2nnc(Cl)s2)cc[nH]1. The van der Waals surface area contributed by atoms with E-state index in [1.54, 1.807) is 12.3 Å². The highest BCUT2D eigenvalue weighted by atomic mass is 35.5. The van der Waals surface area contributed by atoms with Crippen molar-refractivity contribution in [3.63, 3.8) is 0 Å². The molecule has 0 bridgehead atoms. The molecule has 2 aromatic heterocycles. The quantitative estimate of drug-likeness (QED) is 0.782. The van der Waals surface area contributed by atoms with Crippen LogP contribution in [0.25, 0.3) is 10.6 Å². The molecule has 0 unspecified atom stereocenters. The first-order chi connectivity index (χ1) is 6.25. The lowest BCUT2D eigenvalue weighted by molar-refractivity contribution is 1.09. The molecule has 4 nitrogen and oxygen atoms in total. The van der Waals surface area contributed by atoms with Gasteiger partial charge in [-0.05, 0) is 17.7 Å². The zero-order valence-electron chi connectivity index (χ0n) is 6.32. The van der Waals surface area contributed by atoms with Crippen molar-refractivity contribution in [2.24, 2.45) is 0 Å². The molecule has 66 valence electrons. The van der Waals surface area contributed by atoms with Gasteiger partial charge in [0, 0.05) is 17.8 Å². The predicted octanol–water partition coefficient (Wildman–Crippen LogP) is 1.55. The van der Waals surface area contributed by atoms with E-state index in [4.69, 9.17) is 11.6 Å². The number of aromatic nitrogens is 3. The lowest BCUT2D eigenvalue weighted by atomic mass is 10.3. The van der Waals surface area contributed by atoms with E-state index in [9.17, 15) is 4.79 Å². The van der Waals surface area contributed by atoms with Gasteiger partial charge in [0.05, 0.1) is 0 Å². The van der Waals surface area contributed by atoms with E-state index < -0.39 is 0 Å². The van der Waals surface area contributed by atoms with Gasteiger partial charge in [0.1, 0.15) is 5.01 Å². The topological polar surface area (TPSA) is 58.6 Å². The fourth-order valence-corrected chi connectivity index (χ4v) is 1.72. The van der Waals surface area contributed by atoms with E-state index in [1.165, 1.54) is 17.4 Å².